The molecule has 2 atom stereocenters. The van der Waals surface area contributed by atoms with Crippen LogP contribution < -0.4 is 5.32 Å². The van der Waals surface area contributed by atoms with Crippen molar-refractivity contribution in [3.63, 3.8) is 0 Å². The molecule has 0 aliphatic heterocycles. The van der Waals surface area contributed by atoms with Crippen LogP contribution in [0.3, 0.4) is 0 Å². The summed E-state index contributed by atoms with van der Waals surface area (Å²) in [6.07, 6.45) is 4.38. The summed E-state index contributed by atoms with van der Waals surface area (Å²) in [5.41, 5.74) is 0.824. The van der Waals surface area contributed by atoms with Crippen molar-refractivity contribution in [3.8, 4) is 0 Å². The van der Waals surface area contributed by atoms with E-state index in [1.165, 1.54) is 12.1 Å². The standard InChI is InChI=1S/C16H22N2O4/c19-15-7-2-1-5-13(15)11-17-16(20)9-8-12-4-3-6-14(10-12)18(21)22/h3-4,6,10,13,15,19H,1-2,5,7-9,11H2,(H,17,20)/t13-,15+/m0/s1. The summed E-state index contributed by atoms with van der Waals surface area (Å²) in [6, 6.07) is 6.35. The lowest BCUT2D eigenvalue weighted by molar-refractivity contribution is -0.384. The number of amides is 1. The molecule has 22 heavy (non-hydrogen) atoms. The third-order valence-electron chi connectivity index (χ3n) is 4.19. The zero-order valence-corrected chi connectivity index (χ0v) is 12.5. The molecule has 1 aromatic rings. The summed E-state index contributed by atoms with van der Waals surface area (Å²) in [5, 5.41) is 23.4. The summed E-state index contributed by atoms with van der Waals surface area (Å²) in [5.74, 6) is 0.0693. The number of aryl methyl sites for hydroxylation is 1. The van der Waals surface area contributed by atoms with Gasteiger partial charge in [-0.15, -0.1) is 0 Å². The molecule has 1 aliphatic rings. The maximum absolute atomic E-state index is 11.9. The second kappa shape index (κ2) is 7.89. The van der Waals surface area contributed by atoms with Gasteiger partial charge in [-0.1, -0.05) is 25.0 Å². The molecule has 1 aliphatic carbocycles. The molecule has 2 rings (SSSR count). The average molecular weight is 306 g/mol. The van der Waals surface area contributed by atoms with Gasteiger partial charge in [-0.2, -0.15) is 0 Å². The van der Waals surface area contributed by atoms with Crippen molar-refractivity contribution in [2.24, 2.45) is 5.92 Å². The molecule has 1 fully saturated rings. The minimum atomic E-state index is -0.436. The Kier molecular flexibility index (Phi) is 5.89. The number of non-ortho nitro benzene ring substituents is 1. The number of aliphatic hydroxyl groups is 1. The van der Waals surface area contributed by atoms with E-state index < -0.39 is 4.92 Å². The number of benzene rings is 1. The zero-order chi connectivity index (χ0) is 15.9. The fourth-order valence-electron chi connectivity index (χ4n) is 2.84. The van der Waals surface area contributed by atoms with E-state index in [9.17, 15) is 20.0 Å². The van der Waals surface area contributed by atoms with Gasteiger partial charge in [0.05, 0.1) is 11.0 Å². The highest BCUT2D eigenvalue weighted by atomic mass is 16.6. The van der Waals surface area contributed by atoms with E-state index in [1.807, 2.05) is 0 Å². The maximum atomic E-state index is 11.9. The molecule has 1 saturated carbocycles. The molecule has 6 nitrogen and oxygen atoms in total. The second-order valence-electron chi connectivity index (χ2n) is 5.84. The molecule has 2 N–H and O–H groups in total. The van der Waals surface area contributed by atoms with Crippen molar-refractivity contribution in [2.75, 3.05) is 6.54 Å². The van der Waals surface area contributed by atoms with Gasteiger partial charge in [-0.05, 0) is 24.8 Å². The fourth-order valence-corrected chi connectivity index (χ4v) is 2.84. The van der Waals surface area contributed by atoms with E-state index in [2.05, 4.69) is 5.32 Å². The van der Waals surface area contributed by atoms with Gasteiger partial charge in [0.25, 0.3) is 5.69 Å². The first kappa shape index (κ1) is 16.4. The summed E-state index contributed by atoms with van der Waals surface area (Å²) in [6.45, 7) is 0.509. The summed E-state index contributed by atoms with van der Waals surface area (Å²) in [4.78, 5) is 22.1. The highest BCUT2D eigenvalue weighted by Crippen LogP contribution is 2.23. The quantitative estimate of drug-likeness (QED) is 0.622. The molecule has 0 saturated heterocycles. The molecule has 6 heteroatoms. The van der Waals surface area contributed by atoms with Crippen LogP contribution in [0.25, 0.3) is 0 Å². The van der Waals surface area contributed by atoms with Gasteiger partial charge >= 0.3 is 0 Å². The van der Waals surface area contributed by atoms with Gasteiger partial charge in [0.15, 0.2) is 0 Å². The fraction of sp³-hybridized carbons (Fsp3) is 0.562. The topological polar surface area (TPSA) is 92.5 Å². The number of hydrogen-bond acceptors (Lipinski definition) is 4. The lowest BCUT2D eigenvalue weighted by Gasteiger charge is -2.27. The average Bonchev–Trinajstić information content (AvgIpc) is 2.52. The number of aliphatic hydroxyl groups excluding tert-OH is 1. The predicted molar refractivity (Wildman–Crippen MR) is 82.4 cm³/mol. The van der Waals surface area contributed by atoms with E-state index in [4.69, 9.17) is 0 Å². The highest BCUT2D eigenvalue weighted by Gasteiger charge is 2.23. The van der Waals surface area contributed by atoms with Crippen LogP contribution in [0.2, 0.25) is 0 Å². The Morgan fingerprint density at radius 3 is 2.86 bits per heavy atom. The number of nitrogens with zero attached hydrogens (tertiary/aromatic N) is 1. The van der Waals surface area contributed by atoms with E-state index in [0.29, 0.717) is 19.4 Å². The van der Waals surface area contributed by atoms with Gasteiger partial charge in [-0.25, -0.2) is 0 Å². The first-order valence-corrected chi connectivity index (χ1v) is 7.74. The third kappa shape index (κ3) is 4.80. The van der Waals surface area contributed by atoms with Crippen LogP contribution in [0.1, 0.15) is 37.7 Å². The van der Waals surface area contributed by atoms with Crippen LogP contribution >= 0.6 is 0 Å². The Balaban J connectivity index is 1.75. The van der Waals surface area contributed by atoms with Gasteiger partial charge < -0.3 is 10.4 Å². The summed E-state index contributed by atoms with van der Waals surface area (Å²) in [7, 11) is 0. The first-order chi connectivity index (χ1) is 10.6. The highest BCUT2D eigenvalue weighted by molar-refractivity contribution is 5.76. The van der Waals surface area contributed by atoms with Crippen molar-refractivity contribution < 1.29 is 14.8 Å². The number of nitro groups is 1. The van der Waals surface area contributed by atoms with E-state index in [1.54, 1.807) is 12.1 Å². The zero-order valence-electron chi connectivity index (χ0n) is 12.5. The maximum Gasteiger partial charge on any atom is 0.269 e. The van der Waals surface area contributed by atoms with Crippen LogP contribution in [-0.2, 0) is 11.2 Å². The van der Waals surface area contributed by atoms with Crippen molar-refractivity contribution in [1.29, 1.82) is 0 Å². The molecule has 0 aromatic heterocycles. The van der Waals surface area contributed by atoms with Crippen LogP contribution in [-0.4, -0.2) is 28.6 Å². The predicted octanol–water partition coefficient (Wildman–Crippen LogP) is 2.19. The van der Waals surface area contributed by atoms with Gasteiger partial charge in [0.2, 0.25) is 5.91 Å². The number of rotatable bonds is 6. The molecule has 0 spiro atoms. The number of hydrogen-bond donors (Lipinski definition) is 2. The Hall–Kier alpha value is -1.95. The minimum absolute atomic E-state index is 0.0447. The smallest absolute Gasteiger partial charge is 0.269 e. The van der Waals surface area contributed by atoms with E-state index >= 15 is 0 Å². The van der Waals surface area contributed by atoms with Crippen molar-refractivity contribution in [1.82, 2.24) is 5.32 Å². The number of nitro benzene ring substituents is 1. The monoisotopic (exact) mass is 306 g/mol. The molecule has 120 valence electrons. The van der Waals surface area contributed by atoms with Crippen molar-refractivity contribution >= 4 is 11.6 Å². The molecular weight excluding hydrogens is 284 g/mol. The largest absolute Gasteiger partial charge is 0.393 e. The molecule has 0 heterocycles. The van der Waals surface area contributed by atoms with Crippen LogP contribution in [0.15, 0.2) is 24.3 Å². The number of carbonyl (C=O) groups is 1. The Bertz CT molecular complexity index is 533. The third-order valence-corrected chi connectivity index (χ3v) is 4.19. The van der Waals surface area contributed by atoms with Crippen LogP contribution in [0.5, 0.6) is 0 Å². The van der Waals surface area contributed by atoms with E-state index in [-0.39, 0.29) is 23.6 Å². The molecule has 0 radical (unpaired) electrons. The summed E-state index contributed by atoms with van der Waals surface area (Å²) >= 11 is 0. The normalized spacial score (nSPS) is 21.3. The summed E-state index contributed by atoms with van der Waals surface area (Å²) < 4.78 is 0. The molecule has 0 unspecified atom stereocenters. The van der Waals surface area contributed by atoms with Crippen molar-refractivity contribution in [3.05, 3.63) is 39.9 Å². The van der Waals surface area contributed by atoms with Gasteiger partial charge in [-0.3, -0.25) is 14.9 Å². The van der Waals surface area contributed by atoms with Crippen LogP contribution in [0, 0.1) is 16.0 Å². The molecular formula is C16H22N2O4. The Morgan fingerprint density at radius 2 is 2.14 bits per heavy atom. The second-order valence-corrected chi connectivity index (χ2v) is 5.84. The van der Waals surface area contributed by atoms with Crippen LogP contribution in [0.4, 0.5) is 5.69 Å². The SMILES string of the molecule is O=C(CCc1cccc([N+](=O)[O-])c1)NC[C@@H]1CCCC[C@H]1O. The Labute approximate surface area is 129 Å². The molecule has 1 amide bonds. The lowest BCUT2D eigenvalue weighted by Crippen LogP contribution is -2.36. The first-order valence-electron chi connectivity index (χ1n) is 7.74. The van der Waals surface area contributed by atoms with Gasteiger partial charge in [0.1, 0.15) is 0 Å². The van der Waals surface area contributed by atoms with E-state index in [0.717, 1.165) is 31.2 Å². The van der Waals surface area contributed by atoms with Crippen molar-refractivity contribution in [2.45, 2.75) is 44.6 Å². The van der Waals surface area contributed by atoms with Gasteiger partial charge in [0, 0.05) is 31.0 Å². The number of carbonyl (C=O) groups excluding carboxylic acids is 1. The molecule has 0 bridgehead atoms. The molecule has 1 aromatic carbocycles. The minimum Gasteiger partial charge on any atom is -0.393 e. The lowest BCUT2D eigenvalue weighted by atomic mass is 9.86. The number of nitrogens with one attached hydrogen (secondary N) is 1. The Morgan fingerprint density at radius 1 is 1.36 bits per heavy atom.